The van der Waals surface area contributed by atoms with Crippen LogP contribution >= 0.6 is 11.3 Å². The molecule has 0 radical (unpaired) electrons. The van der Waals surface area contributed by atoms with Gasteiger partial charge in [-0.1, -0.05) is 37.3 Å². The third-order valence-corrected chi connectivity index (χ3v) is 3.81. The van der Waals surface area contributed by atoms with E-state index in [-0.39, 0.29) is 0 Å². The molecular weight excluding hydrogens is 278 g/mol. The molecule has 0 saturated carbocycles. The van der Waals surface area contributed by atoms with E-state index < -0.39 is 0 Å². The average molecular weight is 295 g/mol. The van der Waals surface area contributed by atoms with Gasteiger partial charge in [-0.25, -0.2) is 9.97 Å². The molecule has 3 aromatic rings. The number of hydrogen-bond donors (Lipinski definition) is 1. The first-order chi connectivity index (χ1) is 10.4. The van der Waals surface area contributed by atoms with E-state index >= 15 is 0 Å². The quantitative estimate of drug-likeness (QED) is 0.741. The van der Waals surface area contributed by atoms with Crippen molar-refractivity contribution >= 4 is 17.2 Å². The van der Waals surface area contributed by atoms with Gasteiger partial charge in [-0.05, 0) is 17.9 Å². The zero-order valence-electron chi connectivity index (χ0n) is 11.9. The highest BCUT2D eigenvalue weighted by atomic mass is 32.1. The van der Waals surface area contributed by atoms with Gasteiger partial charge in [0.25, 0.3) is 0 Å². The highest BCUT2D eigenvalue weighted by Gasteiger charge is 2.08. The van der Waals surface area contributed by atoms with Crippen LogP contribution in [0.4, 0.5) is 5.82 Å². The van der Waals surface area contributed by atoms with E-state index in [4.69, 9.17) is 4.98 Å². The molecule has 0 amide bonds. The van der Waals surface area contributed by atoms with E-state index in [9.17, 15) is 0 Å². The van der Waals surface area contributed by atoms with Crippen LogP contribution in [0.2, 0.25) is 0 Å². The summed E-state index contributed by atoms with van der Waals surface area (Å²) in [5, 5.41) is 7.54. The number of benzene rings is 1. The summed E-state index contributed by atoms with van der Waals surface area (Å²) in [4.78, 5) is 9.34. The van der Waals surface area contributed by atoms with Crippen molar-refractivity contribution in [3.05, 3.63) is 53.2 Å². The van der Waals surface area contributed by atoms with Crippen molar-refractivity contribution in [3.8, 4) is 22.6 Å². The van der Waals surface area contributed by atoms with Crippen molar-refractivity contribution in [1.29, 1.82) is 0 Å². The summed E-state index contributed by atoms with van der Waals surface area (Å²) in [7, 11) is 0. The van der Waals surface area contributed by atoms with Crippen LogP contribution in [-0.4, -0.2) is 16.5 Å². The molecule has 0 aliphatic rings. The van der Waals surface area contributed by atoms with Crippen molar-refractivity contribution in [1.82, 2.24) is 9.97 Å². The SMILES string of the molecule is CCCNc1cc(-c2ccsc2)nc(-c2ccccc2)n1. The van der Waals surface area contributed by atoms with Crippen molar-refractivity contribution in [2.24, 2.45) is 0 Å². The zero-order valence-corrected chi connectivity index (χ0v) is 12.7. The maximum absolute atomic E-state index is 4.71. The summed E-state index contributed by atoms with van der Waals surface area (Å²) < 4.78 is 0. The Morgan fingerprint density at radius 2 is 1.90 bits per heavy atom. The van der Waals surface area contributed by atoms with E-state index in [1.54, 1.807) is 11.3 Å². The molecule has 0 fully saturated rings. The Bertz CT molecular complexity index is 693. The summed E-state index contributed by atoms with van der Waals surface area (Å²) in [6.45, 7) is 3.06. The molecule has 1 N–H and O–H groups in total. The van der Waals surface area contributed by atoms with E-state index in [0.29, 0.717) is 0 Å². The number of aromatic nitrogens is 2. The van der Waals surface area contributed by atoms with Gasteiger partial charge in [0.1, 0.15) is 5.82 Å². The van der Waals surface area contributed by atoms with Crippen LogP contribution in [0.5, 0.6) is 0 Å². The fraction of sp³-hybridized carbons (Fsp3) is 0.176. The normalized spacial score (nSPS) is 10.5. The van der Waals surface area contributed by atoms with Gasteiger partial charge in [-0.15, -0.1) is 0 Å². The molecule has 4 heteroatoms. The molecule has 0 bridgehead atoms. The molecule has 21 heavy (non-hydrogen) atoms. The summed E-state index contributed by atoms with van der Waals surface area (Å²) in [5.41, 5.74) is 3.14. The van der Waals surface area contributed by atoms with Crippen molar-refractivity contribution < 1.29 is 0 Å². The minimum Gasteiger partial charge on any atom is -0.370 e. The Morgan fingerprint density at radius 1 is 1.05 bits per heavy atom. The van der Waals surface area contributed by atoms with Gasteiger partial charge in [0.05, 0.1) is 5.69 Å². The molecule has 1 aromatic carbocycles. The number of rotatable bonds is 5. The molecule has 0 spiro atoms. The second-order valence-electron chi connectivity index (χ2n) is 4.77. The molecule has 0 saturated heterocycles. The lowest BCUT2D eigenvalue weighted by atomic mass is 10.2. The van der Waals surface area contributed by atoms with Crippen molar-refractivity contribution in [2.75, 3.05) is 11.9 Å². The predicted molar refractivity (Wildman–Crippen MR) is 89.6 cm³/mol. The Balaban J connectivity index is 2.05. The van der Waals surface area contributed by atoms with E-state index in [1.165, 1.54) is 0 Å². The van der Waals surface area contributed by atoms with Crippen molar-refractivity contribution in [3.63, 3.8) is 0 Å². The van der Waals surface area contributed by atoms with Gasteiger partial charge in [0.2, 0.25) is 0 Å². The Morgan fingerprint density at radius 3 is 2.62 bits per heavy atom. The Hall–Kier alpha value is -2.20. The molecule has 3 rings (SSSR count). The van der Waals surface area contributed by atoms with Gasteiger partial charge < -0.3 is 5.32 Å². The van der Waals surface area contributed by atoms with Crippen LogP contribution in [0.1, 0.15) is 13.3 Å². The minimum absolute atomic E-state index is 0.762. The van der Waals surface area contributed by atoms with Gasteiger partial charge in [0, 0.05) is 29.1 Å². The molecule has 0 aliphatic carbocycles. The average Bonchev–Trinajstić information content (AvgIpc) is 3.08. The lowest BCUT2D eigenvalue weighted by Crippen LogP contribution is -2.04. The number of nitrogens with zero attached hydrogens (tertiary/aromatic N) is 2. The van der Waals surface area contributed by atoms with Crippen molar-refractivity contribution in [2.45, 2.75) is 13.3 Å². The number of thiophene rings is 1. The summed E-state index contributed by atoms with van der Waals surface area (Å²) in [6.07, 6.45) is 1.07. The highest BCUT2D eigenvalue weighted by Crippen LogP contribution is 2.25. The molecule has 3 nitrogen and oxygen atoms in total. The lowest BCUT2D eigenvalue weighted by Gasteiger charge is -2.09. The highest BCUT2D eigenvalue weighted by molar-refractivity contribution is 7.08. The topological polar surface area (TPSA) is 37.8 Å². The molecular formula is C17H17N3S. The monoisotopic (exact) mass is 295 g/mol. The van der Waals surface area contributed by atoms with Gasteiger partial charge >= 0.3 is 0 Å². The molecule has 0 aliphatic heterocycles. The van der Waals surface area contributed by atoms with Crippen LogP contribution < -0.4 is 5.32 Å². The minimum atomic E-state index is 0.762. The predicted octanol–water partition coefficient (Wildman–Crippen LogP) is 4.69. The first-order valence-electron chi connectivity index (χ1n) is 7.08. The van der Waals surface area contributed by atoms with Crippen LogP contribution in [-0.2, 0) is 0 Å². The zero-order chi connectivity index (χ0) is 14.5. The summed E-state index contributed by atoms with van der Waals surface area (Å²) >= 11 is 1.68. The maximum atomic E-state index is 4.71. The molecule has 0 atom stereocenters. The third-order valence-electron chi connectivity index (χ3n) is 3.13. The van der Waals surface area contributed by atoms with Gasteiger partial charge in [-0.2, -0.15) is 11.3 Å². The van der Waals surface area contributed by atoms with E-state index in [0.717, 1.165) is 41.4 Å². The number of hydrogen-bond acceptors (Lipinski definition) is 4. The second-order valence-corrected chi connectivity index (χ2v) is 5.55. The molecule has 106 valence electrons. The Kier molecular flexibility index (Phi) is 4.26. The number of nitrogens with one attached hydrogen (secondary N) is 1. The van der Waals surface area contributed by atoms with Crippen LogP contribution in [0.25, 0.3) is 22.6 Å². The molecule has 2 aromatic heterocycles. The van der Waals surface area contributed by atoms with Crippen LogP contribution in [0.3, 0.4) is 0 Å². The fourth-order valence-corrected chi connectivity index (χ4v) is 2.71. The second kappa shape index (κ2) is 6.50. The number of anilines is 1. The maximum Gasteiger partial charge on any atom is 0.162 e. The molecule has 2 heterocycles. The van der Waals surface area contributed by atoms with E-state index in [1.807, 2.05) is 36.4 Å². The first kappa shape index (κ1) is 13.8. The van der Waals surface area contributed by atoms with Crippen LogP contribution in [0.15, 0.2) is 53.2 Å². The smallest absolute Gasteiger partial charge is 0.162 e. The standard InChI is InChI=1S/C17H17N3S/c1-2-9-18-16-11-15(14-8-10-21-12-14)19-17(20-16)13-6-4-3-5-7-13/h3-8,10-12H,2,9H2,1H3,(H,18,19,20). The Labute approximate surface area is 128 Å². The lowest BCUT2D eigenvalue weighted by molar-refractivity contribution is 0.966. The van der Waals surface area contributed by atoms with Crippen LogP contribution in [0, 0.1) is 0 Å². The van der Waals surface area contributed by atoms with Gasteiger partial charge in [0.15, 0.2) is 5.82 Å². The summed E-state index contributed by atoms with van der Waals surface area (Å²) in [6, 6.07) is 14.2. The van der Waals surface area contributed by atoms with Gasteiger partial charge in [-0.3, -0.25) is 0 Å². The summed E-state index contributed by atoms with van der Waals surface area (Å²) in [5.74, 6) is 1.64. The van der Waals surface area contributed by atoms with E-state index in [2.05, 4.69) is 34.1 Å². The first-order valence-corrected chi connectivity index (χ1v) is 8.02. The third kappa shape index (κ3) is 3.28. The largest absolute Gasteiger partial charge is 0.370 e. The molecule has 0 unspecified atom stereocenters. The fourth-order valence-electron chi connectivity index (χ4n) is 2.07.